The second kappa shape index (κ2) is 6.31. The first-order valence-corrected chi connectivity index (χ1v) is 8.00. The summed E-state index contributed by atoms with van der Waals surface area (Å²) in [6, 6.07) is 0.918. The molecule has 3 aromatic rings. The van der Waals surface area contributed by atoms with Gasteiger partial charge in [-0.05, 0) is 12.0 Å². The number of aromatic carboxylic acids is 1. The van der Waals surface area contributed by atoms with Crippen molar-refractivity contribution >= 4 is 23.2 Å². The Bertz CT molecular complexity index is 991. The van der Waals surface area contributed by atoms with Crippen LogP contribution in [0.3, 0.4) is 0 Å². The molecule has 3 aromatic heterocycles. The van der Waals surface area contributed by atoms with Crippen LogP contribution in [0.2, 0.25) is 5.15 Å². The Balaban J connectivity index is 2.22. The fourth-order valence-corrected chi connectivity index (χ4v) is 2.86. The summed E-state index contributed by atoms with van der Waals surface area (Å²) >= 11 is 5.94. The zero-order chi connectivity index (χ0) is 19.2. The van der Waals surface area contributed by atoms with Gasteiger partial charge in [0.05, 0.1) is 11.8 Å². The van der Waals surface area contributed by atoms with Gasteiger partial charge in [0, 0.05) is 30.1 Å². The van der Waals surface area contributed by atoms with Crippen molar-refractivity contribution in [3.63, 3.8) is 0 Å². The number of carbonyl (C=O) groups is 1. The molecule has 0 aromatic carbocycles. The predicted octanol–water partition coefficient (Wildman–Crippen LogP) is 4.22. The highest BCUT2D eigenvalue weighted by Crippen LogP contribution is 2.36. The number of halogens is 4. The summed E-state index contributed by atoms with van der Waals surface area (Å²) in [6.07, 6.45) is -0.324. The molecule has 0 aliphatic rings. The molecule has 0 bridgehead atoms. The molecule has 0 unspecified atom stereocenters. The normalized spacial score (nSPS) is 12.3. The number of carboxylic acid groups (broad SMARTS) is 1. The van der Waals surface area contributed by atoms with Crippen LogP contribution in [0.1, 0.15) is 29.9 Å². The van der Waals surface area contributed by atoms with Crippen LogP contribution in [0.4, 0.5) is 13.2 Å². The third kappa shape index (κ3) is 3.26. The lowest BCUT2D eigenvalue weighted by Gasteiger charge is -2.10. The van der Waals surface area contributed by atoms with Gasteiger partial charge >= 0.3 is 12.1 Å². The quantitative estimate of drug-likeness (QED) is 0.728. The number of rotatable bonds is 4. The van der Waals surface area contributed by atoms with Gasteiger partial charge in [0.1, 0.15) is 5.15 Å². The number of alkyl halides is 3. The highest BCUT2D eigenvalue weighted by molar-refractivity contribution is 6.32. The molecule has 26 heavy (non-hydrogen) atoms. The zero-order valence-electron chi connectivity index (χ0n) is 13.8. The lowest BCUT2D eigenvalue weighted by atomic mass is 10.1. The smallest absolute Gasteiger partial charge is 0.420 e. The maximum atomic E-state index is 13.5. The summed E-state index contributed by atoms with van der Waals surface area (Å²) in [6.45, 7) is 4.60. The lowest BCUT2D eigenvalue weighted by molar-refractivity contribution is -0.136. The molecule has 138 valence electrons. The summed E-state index contributed by atoms with van der Waals surface area (Å²) in [4.78, 5) is 14.7. The van der Waals surface area contributed by atoms with E-state index in [1.807, 2.05) is 13.8 Å². The second-order valence-electron chi connectivity index (χ2n) is 6.24. The predicted molar refractivity (Wildman–Crippen MR) is 88.2 cm³/mol. The van der Waals surface area contributed by atoms with Crippen molar-refractivity contribution in [2.45, 2.75) is 26.6 Å². The maximum absolute atomic E-state index is 13.5. The van der Waals surface area contributed by atoms with Crippen LogP contribution in [0.15, 0.2) is 24.7 Å². The number of hydrogen-bond donors (Lipinski definition) is 1. The molecule has 0 saturated heterocycles. The van der Waals surface area contributed by atoms with Crippen molar-refractivity contribution in [3.8, 4) is 11.1 Å². The van der Waals surface area contributed by atoms with Crippen molar-refractivity contribution in [1.29, 1.82) is 0 Å². The summed E-state index contributed by atoms with van der Waals surface area (Å²) in [7, 11) is 0. The number of fused-ring (bicyclic) bond motifs is 1. The van der Waals surface area contributed by atoms with Crippen LogP contribution >= 0.6 is 11.6 Å². The maximum Gasteiger partial charge on any atom is 0.420 e. The second-order valence-corrected chi connectivity index (χ2v) is 6.59. The number of hydrogen-bond acceptors (Lipinski definition) is 3. The minimum Gasteiger partial charge on any atom is -0.476 e. The highest BCUT2D eigenvalue weighted by Gasteiger charge is 2.36. The topological polar surface area (TPSA) is 72.4 Å². The van der Waals surface area contributed by atoms with E-state index in [-0.39, 0.29) is 5.56 Å². The van der Waals surface area contributed by atoms with E-state index in [1.54, 1.807) is 10.9 Å². The highest BCUT2D eigenvalue weighted by atomic mass is 35.5. The van der Waals surface area contributed by atoms with Gasteiger partial charge in [-0.1, -0.05) is 25.4 Å². The number of aromatic nitrogens is 4. The first-order chi connectivity index (χ1) is 12.1. The number of nitrogens with zero attached hydrogens (tertiary/aromatic N) is 4. The molecule has 0 saturated carbocycles. The molecule has 0 aliphatic carbocycles. The van der Waals surface area contributed by atoms with Gasteiger partial charge in [0.15, 0.2) is 11.3 Å². The third-order valence-electron chi connectivity index (χ3n) is 3.69. The van der Waals surface area contributed by atoms with Gasteiger partial charge in [0.25, 0.3) is 0 Å². The Morgan fingerprint density at radius 2 is 2.00 bits per heavy atom. The average molecular weight is 387 g/mol. The Morgan fingerprint density at radius 3 is 2.58 bits per heavy atom. The average Bonchev–Trinajstić information content (AvgIpc) is 3.10. The Kier molecular flexibility index (Phi) is 4.43. The monoisotopic (exact) mass is 386 g/mol. The van der Waals surface area contributed by atoms with E-state index in [0.717, 1.165) is 10.5 Å². The van der Waals surface area contributed by atoms with Crippen molar-refractivity contribution in [3.05, 3.63) is 41.1 Å². The molecule has 0 fully saturated rings. The standard InChI is InChI=1S/C16H14ClF3N4O2/c1-8(2)5-23-6-10(4-21-23)9-3-11(16(18,19)20)14-22-12(15(25)26)13(17)24(14)7-9/h3-4,6-8H,5H2,1-2H3,(H,25,26). The molecule has 0 amide bonds. The van der Waals surface area contributed by atoms with Gasteiger partial charge < -0.3 is 5.11 Å². The third-order valence-corrected chi connectivity index (χ3v) is 4.05. The largest absolute Gasteiger partial charge is 0.476 e. The Morgan fingerprint density at radius 1 is 1.31 bits per heavy atom. The van der Waals surface area contributed by atoms with Crippen LogP contribution < -0.4 is 0 Å². The lowest BCUT2D eigenvalue weighted by Crippen LogP contribution is -2.08. The van der Waals surface area contributed by atoms with Crippen LogP contribution in [0, 0.1) is 5.92 Å². The molecular formula is C16H14ClF3N4O2. The first-order valence-electron chi connectivity index (χ1n) is 7.63. The molecule has 10 heteroatoms. The Hall–Kier alpha value is -2.55. The first kappa shape index (κ1) is 18.2. The minimum absolute atomic E-state index is 0.205. The SMILES string of the molecule is CC(C)Cn1cc(-c2cc(C(F)(F)F)c3nc(C(=O)O)c(Cl)n3c2)cn1. The van der Waals surface area contributed by atoms with E-state index in [4.69, 9.17) is 16.7 Å². The van der Waals surface area contributed by atoms with E-state index in [2.05, 4.69) is 10.1 Å². The van der Waals surface area contributed by atoms with E-state index in [1.165, 1.54) is 12.4 Å². The fraction of sp³-hybridized carbons (Fsp3) is 0.312. The number of carboxylic acids is 1. The Labute approximate surface area is 150 Å². The van der Waals surface area contributed by atoms with Crippen LogP contribution in [-0.4, -0.2) is 30.2 Å². The van der Waals surface area contributed by atoms with E-state index in [0.29, 0.717) is 18.0 Å². The molecule has 1 N–H and O–H groups in total. The van der Waals surface area contributed by atoms with Crippen molar-refractivity contribution in [2.24, 2.45) is 5.92 Å². The molecule has 3 rings (SSSR count). The molecular weight excluding hydrogens is 373 g/mol. The summed E-state index contributed by atoms with van der Waals surface area (Å²) in [5.41, 5.74) is -1.60. The zero-order valence-corrected chi connectivity index (χ0v) is 14.5. The summed E-state index contributed by atoms with van der Waals surface area (Å²) in [5.74, 6) is -1.18. The van der Waals surface area contributed by atoms with E-state index < -0.39 is 34.2 Å². The molecule has 0 aliphatic heterocycles. The van der Waals surface area contributed by atoms with Gasteiger partial charge in [0.2, 0.25) is 0 Å². The molecule has 0 radical (unpaired) electrons. The molecule has 0 atom stereocenters. The van der Waals surface area contributed by atoms with Gasteiger partial charge in [-0.15, -0.1) is 0 Å². The van der Waals surface area contributed by atoms with Crippen LogP contribution in [-0.2, 0) is 12.7 Å². The summed E-state index contributed by atoms with van der Waals surface area (Å²) < 4.78 is 43.0. The van der Waals surface area contributed by atoms with Gasteiger partial charge in [-0.3, -0.25) is 9.08 Å². The molecule has 3 heterocycles. The molecule has 6 nitrogen and oxygen atoms in total. The summed E-state index contributed by atoms with van der Waals surface area (Å²) in [5, 5.41) is 12.8. The fourth-order valence-electron chi connectivity index (χ4n) is 2.61. The molecule has 0 spiro atoms. The van der Waals surface area contributed by atoms with Crippen LogP contribution in [0.5, 0.6) is 0 Å². The van der Waals surface area contributed by atoms with Crippen molar-refractivity contribution in [2.75, 3.05) is 0 Å². The van der Waals surface area contributed by atoms with Crippen molar-refractivity contribution < 1.29 is 23.1 Å². The van der Waals surface area contributed by atoms with Crippen molar-refractivity contribution in [1.82, 2.24) is 19.2 Å². The minimum atomic E-state index is -4.73. The van der Waals surface area contributed by atoms with E-state index >= 15 is 0 Å². The van der Waals surface area contributed by atoms with Crippen LogP contribution in [0.25, 0.3) is 16.8 Å². The van der Waals surface area contributed by atoms with Gasteiger partial charge in [-0.2, -0.15) is 18.3 Å². The number of pyridine rings is 1. The number of imidazole rings is 1. The van der Waals surface area contributed by atoms with Gasteiger partial charge in [-0.25, -0.2) is 9.78 Å². The van der Waals surface area contributed by atoms with E-state index in [9.17, 15) is 18.0 Å².